The molecule has 0 saturated heterocycles. The van der Waals surface area contributed by atoms with Crippen molar-refractivity contribution in [1.82, 2.24) is 0 Å². The first-order chi connectivity index (χ1) is 11.3. The number of hydrogen-bond donors (Lipinski definition) is 1. The molecule has 0 amide bonds. The van der Waals surface area contributed by atoms with Crippen molar-refractivity contribution in [2.75, 3.05) is 6.61 Å². The average molecular weight is 377 g/mol. The SMILES string of the molecule is CCCCC(CC)COP(=O)(O)Oc1ccc(Cl)cc1CC(C)C. The van der Waals surface area contributed by atoms with E-state index in [9.17, 15) is 9.46 Å². The van der Waals surface area contributed by atoms with Crippen LogP contribution >= 0.6 is 19.4 Å². The summed E-state index contributed by atoms with van der Waals surface area (Å²) in [6, 6.07) is 5.05. The second-order valence-electron chi connectivity index (χ2n) is 6.62. The van der Waals surface area contributed by atoms with E-state index in [0.717, 1.165) is 31.2 Å². The number of phosphoric acid groups is 1. The molecule has 0 fully saturated rings. The third-order valence-corrected chi connectivity index (χ3v) is 5.02. The molecule has 2 unspecified atom stereocenters. The maximum atomic E-state index is 12.3. The van der Waals surface area contributed by atoms with Crippen molar-refractivity contribution in [2.24, 2.45) is 11.8 Å². The van der Waals surface area contributed by atoms with Crippen molar-refractivity contribution in [3.8, 4) is 5.75 Å². The molecule has 0 heterocycles. The lowest BCUT2D eigenvalue weighted by molar-refractivity contribution is 0.165. The Hall–Kier alpha value is -0.540. The van der Waals surface area contributed by atoms with Crippen molar-refractivity contribution < 1.29 is 18.5 Å². The third-order valence-electron chi connectivity index (χ3n) is 3.88. The van der Waals surface area contributed by atoms with Gasteiger partial charge in [-0.15, -0.1) is 0 Å². The van der Waals surface area contributed by atoms with Crippen LogP contribution in [0, 0.1) is 11.8 Å². The molecule has 0 radical (unpaired) electrons. The summed E-state index contributed by atoms with van der Waals surface area (Å²) in [7, 11) is -4.14. The minimum Gasteiger partial charge on any atom is -0.404 e. The number of phosphoric ester groups is 1. The molecule has 2 atom stereocenters. The van der Waals surface area contributed by atoms with Gasteiger partial charge in [-0.2, -0.15) is 0 Å². The van der Waals surface area contributed by atoms with E-state index in [-0.39, 0.29) is 12.5 Å². The maximum Gasteiger partial charge on any atom is 0.527 e. The first kappa shape index (κ1) is 21.5. The summed E-state index contributed by atoms with van der Waals surface area (Å²) < 4.78 is 22.8. The van der Waals surface area contributed by atoms with Crippen LogP contribution in [0.4, 0.5) is 0 Å². The fourth-order valence-electron chi connectivity index (χ4n) is 2.48. The lowest BCUT2D eigenvalue weighted by atomic mass is 10.0. The van der Waals surface area contributed by atoms with Crippen molar-refractivity contribution in [2.45, 2.75) is 59.8 Å². The molecule has 138 valence electrons. The summed E-state index contributed by atoms with van der Waals surface area (Å²) in [5.74, 6) is 1.01. The fourth-order valence-corrected chi connectivity index (χ4v) is 3.56. The molecule has 0 aliphatic carbocycles. The lowest BCUT2D eigenvalue weighted by Gasteiger charge is -2.19. The topological polar surface area (TPSA) is 55.8 Å². The number of hydrogen-bond acceptors (Lipinski definition) is 3. The van der Waals surface area contributed by atoms with E-state index >= 15 is 0 Å². The molecular weight excluding hydrogens is 347 g/mol. The summed E-state index contributed by atoms with van der Waals surface area (Å²) in [4.78, 5) is 10.0. The Kier molecular flexibility index (Phi) is 9.36. The summed E-state index contributed by atoms with van der Waals surface area (Å²) in [5, 5.41) is 0.581. The second-order valence-corrected chi connectivity index (χ2v) is 8.44. The Labute approximate surface area is 151 Å². The minimum absolute atomic E-state index is 0.234. The number of unbranched alkanes of at least 4 members (excludes halogenated alkanes) is 1. The Morgan fingerprint density at radius 2 is 2.00 bits per heavy atom. The summed E-state index contributed by atoms with van der Waals surface area (Å²) in [5.41, 5.74) is 0.813. The second kappa shape index (κ2) is 10.5. The van der Waals surface area contributed by atoms with Gasteiger partial charge in [0.2, 0.25) is 0 Å². The Morgan fingerprint density at radius 3 is 2.58 bits per heavy atom. The van der Waals surface area contributed by atoms with Crippen LogP contribution in [-0.4, -0.2) is 11.5 Å². The Morgan fingerprint density at radius 1 is 1.29 bits per heavy atom. The highest BCUT2D eigenvalue weighted by molar-refractivity contribution is 7.47. The van der Waals surface area contributed by atoms with E-state index in [1.54, 1.807) is 18.2 Å². The normalized spacial score (nSPS) is 15.3. The van der Waals surface area contributed by atoms with Gasteiger partial charge in [0.05, 0.1) is 6.61 Å². The van der Waals surface area contributed by atoms with Gasteiger partial charge in [0.25, 0.3) is 0 Å². The molecule has 1 N–H and O–H groups in total. The first-order valence-electron chi connectivity index (χ1n) is 8.72. The van der Waals surface area contributed by atoms with Crippen LogP contribution < -0.4 is 4.52 Å². The van der Waals surface area contributed by atoms with Crippen LogP contribution in [0.25, 0.3) is 0 Å². The van der Waals surface area contributed by atoms with Crippen molar-refractivity contribution in [3.05, 3.63) is 28.8 Å². The van der Waals surface area contributed by atoms with Gasteiger partial charge in [-0.3, -0.25) is 9.42 Å². The predicted molar refractivity (Wildman–Crippen MR) is 99.7 cm³/mol. The summed E-state index contributed by atoms with van der Waals surface area (Å²) in [6.07, 6.45) is 4.82. The van der Waals surface area contributed by atoms with Crippen LogP contribution in [-0.2, 0) is 15.5 Å². The largest absolute Gasteiger partial charge is 0.527 e. The fraction of sp³-hybridized carbons (Fsp3) is 0.667. The molecule has 24 heavy (non-hydrogen) atoms. The van der Waals surface area contributed by atoms with E-state index in [1.165, 1.54) is 0 Å². The molecule has 0 spiro atoms. The highest BCUT2D eigenvalue weighted by Crippen LogP contribution is 2.46. The predicted octanol–water partition coefficient (Wildman–Crippen LogP) is 6.25. The van der Waals surface area contributed by atoms with Gasteiger partial charge in [0, 0.05) is 5.02 Å². The summed E-state index contributed by atoms with van der Waals surface area (Å²) in [6.45, 7) is 8.56. The van der Waals surface area contributed by atoms with Crippen LogP contribution in [0.1, 0.15) is 58.9 Å². The van der Waals surface area contributed by atoms with E-state index in [4.69, 9.17) is 20.6 Å². The zero-order valence-electron chi connectivity index (χ0n) is 15.1. The molecule has 0 bridgehead atoms. The molecule has 0 aromatic heterocycles. The van der Waals surface area contributed by atoms with Gasteiger partial charge in [0.1, 0.15) is 5.75 Å². The van der Waals surface area contributed by atoms with E-state index < -0.39 is 7.82 Å². The molecular formula is C18H30ClO4P. The standard InChI is InChI=1S/C18H30ClO4P/c1-5-7-8-15(6-2)13-22-24(20,21)23-18-10-9-17(19)12-16(18)11-14(3)4/h9-10,12,14-15H,5-8,11,13H2,1-4H3,(H,20,21). The zero-order chi connectivity index (χ0) is 18.2. The maximum absolute atomic E-state index is 12.3. The smallest absolute Gasteiger partial charge is 0.404 e. The highest BCUT2D eigenvalue weighted by Gasteiger charge is 2.26. The van der Waals surface area contributed by atoms with Gasteiger partial charge >= 0.3 is 7.82 Å². The van der Waals surface area contributed by atoms with Crippen molar-refractivity contribution in [3.63, 3.8) is 0 Å². The highest BCUT2D eigenvalue weighted by atomic mass is 35.5. The van der Waals surface area contributed by atoms with Gasteiger partial charge < -0.3 is 4.52 Å². The molecule has 0 aliphatic heterocycles. The minimum atomic E-state index is -4.14. The number of rotatable bonds is 11. The van der Waals surface area contributed by atoms with Crippen LogP contribution in [0.3, 0.4) is 0 Å². The monoisotopic (exact) mass is 376 g/mol. The summed E-state index contributed by atoms with van der Waals surface area (Å²) >= 11 is 6.02. The average Bonchev–Trinajstić information content (AvgIpc) is 2.49. The van der Waals surface area contributed by atoms with E-state index in [0.29, 0.717) is 23.1 Å². The molecule has 4 nitrogen and oxygen atoms in total. The van der Waals surface area contributed by atoms with Gasteiger partial charge in [-0.1, -0.05) is 58.6 Å². The lowest BCUT2D eigenvalue weighted by Crippen LogP contribution is -2.10. The molecule has 1 aromatic rings. The molecule has 0 aliphatic rings. The molecule has 0 saturated carbocycles. The molecule has 6 heteroatoms. The number of halogens is 1. The van der Waals surface area contributed by atoms with Gasteiger partial charge in [-0.25, -0.2) is 4.57 Å². The zero-order valence-corrected chi connectivity index (χ0v) is 16.8. The van der Waals surface area contributed by atoms with Crippen LogP contribution in [0.15, 0.2) is 18.2 Å². The quantitative estimate of drug-likeness (QED) is 0.463. The van der Waals surface area contributed by atoms with Crippen LogP contribution in [0.5, 0.6) is 5.75 Å². The molecule has 1 aromatic carbocycles. The van der Waals surface area contributed by atoms with Gasteiger partial charge in [-0.05, 0) is 48.4 Å². The van der Waals surface area contributed by atoms with Crippen LogP contribution in [0.2, 0.25) is 5.02 Å². The van der Waals surface area contributed by atoms with Crippen molar-refractivity contribution in [1.29, 1.82) is 0 Å². The number of benzene rings is 1. The Balaban J connectivity index is 2.74. The third kappa shape index (κ3) is 8.02. The van der Waals surface area contributed by atoms with Gasteiger partial charge in [0.15, 0.2) is 0 Å². The van der Waals surface area contributed by atoms with E-state index in [2.05, 4.69) is 27.7 Å². The van der Waals surface area contributed by atoms with Crippen molar-refractivity contribution >= 4 is 19.4 Å². The van der Waals surface area contributed by atoms with E-state index in [1.807, 2.05) is 0 Å². The first-order valence-corrected chi connectivity index (χ1v) is 10.6. The Bertz CT molecular complexity index is 548. The molecule has 1 rings (SSSR count).